The highest BCUT2D eigenvalue weighted by atomic mass is 35.5. The molecule has 0 aliphatic carbocycles. The standard InChI is InChI=1S/C18H15ClF3NO7P/c1-3-31(27)17(28-2)30-16(24)12-9-11(5-6-14(12)23(25)26)29-15-7-4-10(8-13(15)19)18(20,21)22/h4-9,17H,3H2,1-2H3/q+1. The number of rotatable bonds is 8. The fourth-order valence-electron chi connectivity index (χ4n) is 2.32. The molecular formula is C18H15ClF3NO7P+. The van der Waals surface area contributed by atoms with Gasteiger partial charge < -0.3 is 14.2 Å². The highest BCUT2D eigenvalue weighted by molar-refractivity contribution is 7.45. The Labute approximate surface area is 179 Å². The zero-order chi connectivity index (χ0) is 23.3. The lowest BCUT2D eigenvalue weighted by Gasteiger charge is -2.12. The summed E-state index contributed by atoms with van der Waals surface area (Å²) in [6.45, 7) is 1.57. The number of carbonyl (C=O) groups excluding carboxylic acids is 1. The molecule has 2 aromatic carbocycles. The van der Waals surface area contributed by atoms with Crippen LogP contribution in [0.1, 0.15) is 22.8 Å². The van der Waals surface area contributed by atoms with Gasteiger partial charge in [0.1, 0.15) is 23.2 Å². The third-order valence-electron chi connectivity index (χ3n) is 3.83. The summed E-state index contributed by atoms with van der Waals surface area (Å²) in [6, 6.07) is 3.99. The molecule has 0 saturated carbocycles. The number of hydrogen-bond acceptors (Lipinski definition) is 7. The molecule has 2 atom stereocenters. The molecule has 166 valence electrons. The van der Waals surface area contributed by atoms with Gasteiger partial charge in [-0.15, -0.1) is 0 Å². The third-order valence-corrected chi connectivity index (χ3v) is 5.53. The highest BCUT2D eigenvalue weighted by Crippen LogP contribution is 2.37. The molecule has 8 nitrogen and oxygen atoms in total. The van der Waals surface area contributed by atoms with Crippen LogP contribution >= 0.6 is 19.4 Å². The van der Waals surface area contributed by atoms with E-state index >= 15 is 0 Å². The molecule has 0 amide bonds. The second kappa shape index (κ2) is 10.0. The summed E-state index contributed by atoms with van der Waals surface area (Å²) in [7, 11) is -0.926. The van der Waals surface area contributed by atoms with Gasteiger partial charge in [-0.2, -0.15) is 13.2 Å². The van der Waals surface area contributed by atoms with Crippen LogP contribution in [0.3, 0.4) is 0 Å². The van der Waals surface area contributed by atoms with Crippen LogP contribution in [-0.2, 0) is 20.2 Å². The van der Waals surface area contributed by atoms with E-state index < -0.39 is 47.7 Å². The van der Waals surface area contributed by atoms with Gasteiger partial charge in [-0.1, -0.05) is 16.2 Å². The van der Waals surface area contributed by atoms with Crippen LogP contribution in [0.25, 0.3) is 0 Å². The van der Waals surface area contributed by atoms with Crippen LogP contribution in [0.5, 0.6) is 11.5 Å². The first-order valence-corrected chi connectivity index (χ1v) is 10.4. The van der Waals surface area contributed by atoms with E-state index in [4.69, 9.17) is 25.8 Å². The minimum Gasteiger partial charge on any atom is -0.456 e. The molecule has 0 fully saturated rings. The van der Waals surface area contributed by atoms with E-state index in [2.05, 4.69) is 0 Å². The van der Waals surface area contributed by atoms with Gasteiger partial charge in [-0.25, -0.2) is 4.79 Å². The van der Waals surface area contributed by atoms with Crippen molar-refractivity contribution in [1.29, 1.82) is 0 Å². The van der Waals surface area contributed by atoms with Crippen LogP contribution < -0.4 is 4.74 Å². The maximum absolute atomic E-state index is 12.8. The van der Waals surface area contributed by atoms with Gasteiger partial charge in [-0.3, -0.25) is 10.1 Å². The number of nitrogens with zero attached hydrogens (tertiary/aromatic N) is 1. The van der Waals surface area contributed by atoms with E-state index in [0.29, 0.717) is 6.07 Å². The van der Waals surface area contributed by atoms with Gasteiger partial charge in [0.2, 0.25) is 0 Å². The lowest BCUT2D eigenvalue weighted by atomic mass is 10.1. The largest absolute Gasteiger partial charge is 0.456 e. The highest BCUT2D eigenvalue weighted by Gasteiger charge is 2.35. The van der Waals surface area contributed by atoms with Gasteiger partial charge in [-0.05, 0) is 31.2 Å². The Morgan fingerprint density at radius 3 is 2.45 bits per heavy atom. The Balaban J connectivity index is 2.36. The van der Waals surface area contributed by atoms with Gasteiger partial charge in [0, 0.05) is 19.2 Å². The summed E-state index contributed by atoms with van der Waals surface area (Å²) in [5, 5.41) is 10.9. The SMILES string of the molecule is CC[P+](=O)C(OC)OC(=O)c1cc(Oc2ccc(C(F)(F)F)cc2Cl)ccc1[N+](=O)[O-]. The van der Waals surface area contributed by atoms with Crippen molar-refractivity contribution < 1.29 is 41.7 Å². The number of methoxy groups -OCH3 is 1. The molecular weight excluding hydrogens is 466 g/mol. The fraction of sp³-hybridized carbons (Fsp3) is 0.278. The Morgan fingerprint density at radius 1 is 1.26 bits per heavy atom. The lowest BCUT2D eigenvalue weighted by molar-refractivity contribution is -0.385. The number of esters is 1. The van der Waals surface area contributed by atoms with Crippen molar-refractivity contribution in [3.63, 3.8) is 0 Å². The Bertz CT molecular complexity index is 1020. The van der Waals surface area contributed by atoms with Crippen molar-refractivity contribution in [3.8, 4) is 11.5 Å². The minimum absolute atomic E-state index is 0.131. The minimum atomic E-state index is -4.61. The number of hydrogen-bond donors (Lipinski definition) is 0. The van der Waals surface area contributed by atoms with E-state index in [1.54, 1.807) is 6.92 Å². The number of halogens is 4. The predicted octanol–water partition coefficient (Wildman–Crippen LogP) is 5.99. The number of ether oxygens (including phenoxy) is 3. The van der Waals surface area contributed by atoms with Crippen LogP contribution in [0.4, 0.5) is 18.9 Å². The number of benzene rings is 2. The summed E-state index contributed by atoms with van der Waals surface area (Å²) < 4.78 is 65.3. The summed E-state index contributed by atoms with van der Waals surface area (Å²) in [4.78, 5) is 22.9. The van der Waals surface area contributed by atoms with E-state index in [9.17, 15) is 32.6 Å². The molecule has 0 aliphatic rings. The summed E-state index contributed by atoms with van der Waals surface area (Å²) in [5.41, 5.74) is -2.15. The van der Waals surface area contributed by atoms with Crippen molar-refractivity contribution in [1.82, 2.24) is 0 Å². The molecule has 0 aliphatic heterocycles. The molecule has 2 aromatic rings. The van der Waals surface area contributed by atoms with Crippen LogP contribution in [0, 0.1) is 10.1 Å². The van der Waals surface area contributed by atoms with Crippen molar-refractivity contribution in [2.24, 2.45) is 0 Å². The maximum atomic E-state index is 12.8. The molecule has 0 heterocycles. The quantitative estimate of drug-likeness (QED) is 0.150. The second-order valence-corrected chi connectivity index (χ2v) is 8.16. The van der Waals surface area contributed by atoms with E-state index in [-0.39, 0.29) is 22.7 Å². The average molecular weight is 481 g/mol. The monoisotopic (exact) mass is 480 g/mol. The Kier molecular flexibility index (Phi) is 7.94. The summed E-state index contributed by atoms with van der Waals surface area (Å²) in [5.74, 6) is -1.50. The Morgan fingerprint density at radius 2 is 1.94 bits per heavy atom. The molecule has 13 heteroatoms. The van der Waals surface area contributed by atoms with Gasteiger partial charge in [0.15, 0.2) is 0 Å². The van der Waals surface area contributed by atoms with Crippen molar-refractivity contribution in [2.75, 3.05) is 13.3 Å². The molecule has 0 bridgehead atoms. The van der Waals surface area contributed by atoms with Gasteiger partial charge in [0.05, 0.1) is 15.5 Å². The van der Waals surface area contributed by atoms with E-state index in [0.717, 1.165) is 37.4 Å². The van der Waals surface area contributed by atoms with Gasteiger partial charge in [0.25, 0.3) is 5.69 Å². The van der Waals surface area contributed by atoms with Crippen LogP contribution in [-0.4, -0.2) is 30.2 Å². The second-order valence-electron chi connectivity index (χ2n) is 5.86. The first-order chi connectivity index (χ1) is 14.5. The predicted molar refractivity (Wildman–Crippen MR) is 104 cm³/mol. The number of alkyl halides is 3. The van der Waals surface area contributed by atoms with Gasteiger partial charge >= 0.3 is 26.0 Å². The molecule has 0 saturated heterocycles. The van der Waals surface area contributed by atoms with E-state index in [1.165, 1.54) is 0 Å². The van der Waals surface area contributed by atoms with Crippen LogP contribution in [0.15, 0.2) is 36.4 Å². The first kappa shape index (κ1) is 24.5. The topological polar surface area (TPSA) is 105 Å². The smallest absolute Gasteiger partial charge is 0.416 e. The van der Waals surface area contributed by atoms with Crippen molar-refractivity contribution >= 4 is 31.1 Å². The first-order valence-electron chi connectivity index (χ1n) is 8.48. The molecule has 0 N–H and O–H groups in total. The number of carbonyl (C=O) groups is 1. The number of nitro benzene ring substituents is 1. The normalized spacial score (nSPS) is 12.8. The average Bonchev–Trinajstić information content (AvgIpc) is 2.71. The summed E-state index contributed by atoms with van der Waals surface area (Å²) >= 11 is 5.83. The Hall–Kier alpha value is -2.75. The van der Waals surface area contributed by atoms with Crippen LogP contribution in [0.2, 0.25) is 5.02 Å². The number of nitro groups is 1. The molecule has 2 unspecified atom stereocenters. The molecule has 31 heavy (non-hydrogen) atoms. The zero-order valence-electron chi connectivity index (χ0n) is 16.0. The fourth-order valence-corrected chi connectivity index (χ4v) is 3.28. The van der Waals surface area contributed by atoms with E-state index in [1.807, 2.05) is 0 Å². The maximum Gasteiger partial charge on any atom is 0.416 e. The lowest BCUT2D eigenvalue weighted by Crippen LogP contribution is -2.18. The van der Waals surface area contributed by atoms with Crippen molar-refractivity contribution in [2.45, 2.75) is 19.1 Å². The molecule has 0 aromatic heterocycles. The van der Waals surface area contributed by atoms with Crippen molar-refractivity contribution in [3.05, 3.63) is 62.7 Å². The molecule has 0 radical (unpaired) electrons. The zero-order valence-corrected chi connectivity index (χ0v) is 17.7. The summed E-state index contributed by atoms with van der Waals surface area (Å²) in [6.07, 6.45) is -4.47. The third kappa shape index (κ3) is 6.13. The molecule has 2 rings (SSSR count). The molecule has 0 spiro atoms.